The molecule has 1 aliphatic carbocycles. The second-order valence-corrected chi connectivity index (χ2v) is 6.22. The smallest absolute Gasteiger partial charge is 0.168 e. The molecule has 3 fully saturated rings. The Hall–Kier alpha value is -0.160. The number of nitrogens with zero attached hydrogens (tertiary/aromatic N) is 1. The van der Waals surface area contributed by atoms with E-state index in [1.54, 1.807) is 0 Å². The van der Waals surface area contributed by atoms with Gasteiger partial charge in [0, 0.05) is 31.5 Å². The third-order valence-corrected chi connectivity index (χ3v) is 5.07. The second kappa shape index (κ2) is 6.08. The molecule has 0 radical (unpaired) electrons. The van der Waals surface area contributed by atoms with Gasteiger partial charge in [-0.2, -0.15) is 0 Å². The highest BCUT2D eigenvalue weighted by molar-refractivity contribution is 4.88. The first-order chi connectivity index (χ1) is 9.31. The highest BCUT2D eigenvalue weighted by Crippen LogP contribution is 2.37. The molecule has 4 nitrogen and oxygen atoms in total. The molecule has 1 saturated carbocycles. The van der Waals surface area contributed by atoms with E-state index in [2.05, 4.69) is 17.1 Å². The summed E-state index contributed by atoms with van der Waals surface area (Å²) in [6, 6.07) is 1.45. The first-order valence-electron chi connectivity index (χ1n) is 8.07. The van der Waals surface area contributed by atoms with E-state index < -0.39 is 0 Å². The van der Waals surface area contributed by atoms with Crippen LogP contribution in [0.2, 0.25) is 0 Å². The minimum Gasteiger partial charge on any atom is -0.348 e. The van der Waals surface area contributed by atoms with Crippen LogP contribution in [0.15, 0.2) is 0 Å². The molecular formula is C15H28N2O2. The fraction of sp³-hybridized carbons (Fsp3) is 1.00. The Morgan fingerprint density at radius 3 is 2.47 bits per heavy atom. The molecule has 0 aromatic heterocycles. The molecule has 1 N–H and O–H groups in total. The van der Waals surface area contributed by atoms with E-state index in [4.69, 9.17) is 9.47 Å². The lowest BCUT2D eigenvalue weighted by atomic mass is 9.89. The van der Waals surface area contributed by atoms with Crippen LogP contribution in [0.1, 0.15) is 45.4 Å². The van der Waals surface area contributed by atoms with E-state index in [0.29, 0.717) is 0 Å². The summed E-state index contributed by atoms with van der Waals surface area (Å²) in [7, 11) is 0. The van der Waals surface area contributed by atoms with Crippen molar-refractivity contribution >= 4 is 0 Å². The largest absolute Gasteiger partial charge is 0.348 e. The van der Waals surface area contributed by atoms with Crippen LogP contribution in [0.4, 0.5) is 0 Å². The summed E-state index contributed by atoms with van der Waals surface area (Å²) in [6.07, 6.45) is 7.29. The summed E-state index contributed by atoms with van der Waals surface area (Å²) in [5.41, 5.74) is 0. The van der Waals surface area contributed by atoms with Crippen LogP contribution in [0, 0.1) is 0 Å². The molecule has 3 rings (SSSR count). The van der Waals surface area contributed by atoms with Gasteiger partial charge in [0.25, 0.3) is 0 Å². The molecule has 2 saturated heterocycles. The van der Waals surface area contributed by atoms with Gasteiger partial charge in [-0.25, -0.2) is 0 Å². The molecule has 110 valence electrons. The zero-order chi connectivity index (χ0) is 13.1. The van der Waals surface area contributed by atoms with Crippen LogP contribution in [0.3, 0.4) is 0 Å². The molecule has 3 aliphatic rings. The molecule has 1 spiro atoms. The lowest BCUT2D eigenvalue weighted by Gasteiger charge is -2.41. The number of rotatable bonds is 4. The maximum Gasteiger partial charge on any atom is 0.168 e. The highest BCUT2D eigenvalue weighted by atomic mass is 16.7. The van der Waals surface area contributed by atoms with Crippen LogP contribution in [0.5, 0.6) is 0 Å². The average molecular weight is 268 g/mol. The average Bonchev–Trinajstić information content (AvgIpc) is 3.10. The number of hydrogen-bond donors (Lipinski definition) is 1. The van der Waals surface area contributed by atoms with Gasteiger partial charge >= 0.3 is 0 Å². The summed E-state index contributed by atoms with van der Waals surface area (Å²) in [4.78, 5) is 2.67. The molecule has 19 heavy (non-hydrogen) atoms. The van der Waals surface area contributed by atoms with Gasteiger partial charge in [0.1, 0.15) is 0 Å². The SMILES string of the molecule is CCN(CC1CCCN1)C1CCC2(CC1)OCCO2. The Labute approximate surface area is 116 Å². The van der Waals surface area contributed by atoms with E-state index in [9.17, 15) is 0 Å². The minimum atomic E-state index is -0.207. The Morgan fingerprint density at radius 2 is 1.89 bits per heavy atom. The van der Waals surface area contributed by atoms with E-state index in [0.717, 1.165) is 44.7 Å². The molecule has 0 aromatic rings. The fourth-order valence-electron chi connectivity index (χ4n) is 3.93. The van der Waals surface area contributed by atoms with E-state index in [1.807, 2.05) is 0 Å². The van der Waals surface area contributed by atoms with Crippen molar-refractivity contribution in [1.29, 1.82) is 0 Å². The normalized spacial score (nSPS) is 31.6. The summed E-state index contributed by atoms with van der Waals surface area (Å²) < 4.78 is 11.6. The summed E-state index contributed by atoms with van der Waals surface area (Å²) in [5.74, 6) is -0.207. The first-order valence-corrected chi connectivity index (χ1v) is 8.07. The number of hydrogen-bond acceptors (Lipinski definition) is 4. The maximum absolute atomic E-state index is 5.82. The Kier molecular flexibility index (Phi) is 4.42. The zero-order valence-corrected chi connectivity index (χ0v) is 12.2. The zero-order valence-electron chi connectivity index (χ0n) is 12.2. The van der Waals surface area contributed by atoms with Crippen molar-refractivity contribution in [1.82, 2.24) is 10.2 Å². The predicted molar refractivity (Wildman–Crippen MR) is 75.2 cm³/mol. The maximum atomic E-state index is 5.82. The summed E-state index contributed by atoms with van der Waals surface area (Å²) in [5, 5.41) is 3.62. The van der Waals surface area contributed by atoms with E-state index in [-0.39, 0.29) is 5.79 Å². The van der Waals surface area contributed by atoms with Crippen molar-refractivity contribution in [3.63, 3.8) is 0 Å². The quantitative estimate of drug-likeness (QED) is 0.842. The summed E-state index contributed by atoms with van der Waals surface area (Å²) in [6.45, 7) is 7.45. The number of ether oxygens (including phenoxy) is 2. The topological polar surface area (TPSA) is 33.7 Å². The lowest BCUT2D eigenvalue weighted by molar-refractivity contribution is -0.184. The van der Waals surface area contributed by atoms with Gasteiger partial charge in [-0.15, -0.1) is 0 Å². The molecular weight excluding hydrogens is 240 g/mol. The third-order valence-electron chi connectivity index (χ3n) is 5.07. The van der Waals surface area contributed by atoms with Crippen molar-refractivity contribution in [2.45, 2.75) is 63.3 Å². The lowest BCUT2D eigenvalue weighted by Crippen LogP contribution is -2.47. The van der Waals surface area contributed by atoms with Crippen LogP contribution < -0.4 is 5.32 Å². The fourth-order valence-corrected chi connectivity index (χ4v) is 3.93. The Balaban J connectivity index is 1.50. The monoisotopic (exact) mass is 268 g/mol. The minimum absolute atomic E-state index is 0.207. The van der Waals surface area contributed by atoms with Gasteiger partial charge in [0.2, 0.25) is 0 Å². The van der Waals surface area contributed by atoms with Crippen LogP contribution in [-0.4, -0.2) is 55.6 Å². The second-order valence-electron chi connectivity index (χ2n) is 6.22. The Morgan fingerprint density at radius 1 is 1.16 bits per heavy atom. The van der Waals surface area contributed by atoms with Gasteiger partial charge in [-0.3, -0.25) is 4.90 Å². The van der Waals surface area contributed by atoms with Crippen molar-refractivity contribution in [3.8, 4) is 0 Å². The third kappa shape index (κ3) is 3.13. The van der Waals surface area contributed by atoms with Crippen molar-refractivity contribution in [2.75, 3.05) is 32.8 Å². The molecule has 2 aliphatic heterocycles. The molecule has 2 heterocycles. The molecule has 1 atom stereocenters. The molecule has 0 aromatic carbocycles. The van der Waals surface area contributed by atoms with Crippen molar-refractivity contribution in [2.24, 2.45) is 0 Å². The van der Waals surface area contributed by atoms with Gasteiger partial charge in [0.15, 0.2) is 5.79 Å². The van der Waals surface area contributed by atoms with Crippen molar-refractivity contribution < 1.29 is 9.47 Å². The van der Waals surface area contributed by atoms with Gasteiger partial charge in [0.05, 0.1) is 13.2 Å². The number of likely N-dealkylation sites (N-methyl/N-ethyl adjacent to an activating group) is 1. The van der Waals surface area contributed by atoms with Crippen LogP contribution in [0.25, 0.3) is 0 Å². The van der Waals surface area contributed by atoms with Gasteiger partial charge in [-0.1, -0.05) is 6.92 Å². The van der Waals surface area contributed by atoms with Crippen LogP contribution in [-0.2, 0) is 9.47 Å². The first kappa shape index (κ1) is 13.8. The van der Waals surface area contributed by atoms with Gasteiger partial charge < -0.3 is 14.8 Å². The standard InChI is InChI=1S/C15H28N2O2/c1-2-17(12-13-4-3-9-16-13)14-5-7-15(8-6-14)18-10-11-19-15/h13-14,16H,2-12H2,1H3. The Bertz CT molecular complexity index is 276. The van der Waals surface area contributed by atoms with E-state index >= 15 is 0 Å². The molecule has 0 bridgehead atoms. The van der Waals surface area contributed by atoms with Crippen LogP contribution >= 0.6 is 0 Å². The molecule has 1 unspecified atom stereocenters. The predicted octanol–water partition coefficient (Wildman–Crippen LogP) is 1.75. The highest BCUT2D eigenvalue weighted by Gasteiger charge is 2.41. The van der Waals surface area contributed by atoms with Crippen molar-refractivity contribution in [3.05, 3.63) is 0 Å². The van der Waals surface area contributed by atoms with E-state index in [1.165, 1.54) is 38.8 Å². The molecule has 4 heteroatoms. The van der Waals surface area contributed by atoms with Gasteiger partial charge in [-0.05, 0) is 38.8 Å². The number of nitrogens with one attached hydrogen (secondary N) is 1. The molecule has 0 amide bonds. The summed E-state index contributed by atoms with van der Waals surface area (Å²) >= 11 is 0.